The summed E-state index contributed by atoms with van der Waals surface area (Å²) in [5.74, 6) is 0. The van der Waals surface area contributed by atoms with Crippen LogP contribution in [0.3, 0.4) is 0 Å². The van der Waals surface area contributed by atoms with Crippen LogP contribution in [-0.2, 0) is 6.54 Å². The van der Waals surface area contributed by atoms with Crippen molar-refractivity contribution in [2.75, 3.05) is 26.7 Å². The summed E-state index contributed by atoms with van der Waals surface area (Å²) in [6, 6.07) is 5.74. The summed E-state index contributed by atoms with van der Waals surface area (Å²) in [5, 5.41) is 4.85. The first-order chi connectivity index (χ1) is 8.47. The molecule has 18 heavy (non-hydrogen) atoms. The van der Waals surface area contributed by atoms with Gasteiger partial charge in [-0.3, -0.25) is 0 Å². The molecule has 1 aromatic rings. The van der Waals surface area contributed by atoms with Crippen molar-refractivity contribution in [1.82, 2.24) is 10.2 Å². The number of nitrogens with zero attached hydrogens (tertiary/aromatic N) is 1. The van der Waals surface area contributed by atoms with Gasteiger partial charge in [-0.1, -0.05) is 30.1 Å². The average molecular weight is 287 g/mol. The lowest BCUT2D eigenvalue weighted by molar-refractivity contribution is 0.203. The first-order valence-electron chi connectivity index (χ1n) is 6.31. The maximum atomic E-state index is 6.02. The number of nitrogens with one attached hydrogen (secondary N) is 1. The Kier molecular flexibility index (Phi) is 4.54. The summed E-state index contributed by atoms with van der Waals surface area (Å²) >= 11 is 12.0. The van der Waals surface area contributed by atoms with Gasteiger partial charge in [-0.2, -0.15) is 0 Å². The normalized spacial score (nSPS) is 23.8. The number of benzene rings is 1. The topological polar surface area (TPSA) is 15.3 Å². The van der Waals surface area contributed by atoms with Crippen LogP contribution in [0.5, 0.6) is 0 Å². The zero-order chi connectivity index (χ0) is 13.2. The fraction of sp³-hybridized carbons (Fsp3) is 0.571. The van der Waals surface area contributed by atoms with E-state index in [9.17, 15) is 0 Å². The molecule has 1 aliphatic heterocycles. The SMILES string of the molecule is CN(Cc1cc(Cl)cc(Cl)c1)CC1(C)CCNC1. The average Bonchev–Trinajstić information content (AvgIpc) is 2.62. The highest BCUT2D eigenvalue weighted by Gasteiger charge is 2.29. The van der Waals surface area contributed by atoms with Crippen LogP contribution in [0.2, 0.25) is 10.0 Å². The van der Waals surface area contributed by atoms with Crippen molar-refractivity contribution in [1.29, 1.82) is 0 Å². The summed E-state index contributed by atoms with van der Waals surface area (Å²) in [4.78, 5) is 2.34. The minimum atomic E-state index is 0.386. The van der Waals surface area contributed by atoms with Crippen LogP contribution in [-0.4, -0.2) is 31.6 Å². The molecular formula is C14H20Cl2N2. The van der Waals surface area contributed by atoms with E-state index in [-0.39, 0.29) is 0 Å². The second kappa shape index (κ2) is 5.79. The van der Waals surface area contributed by atoms with E-state index in [0.29, 0.717) is 15.5 Å². The highest BCUT2D eigenvalue weighted by atomic mass is 35.5. The molecule has 1 fully saturated rings. The number of hydrogen-bond acceptors (Lipinski definition) is 2. The molecule has 1 atom stereocenters. The summed E-state index contributed by atoms with van der Waals surface area (Å²) < 4.78 is 0. The molecule has 1 N–H and O–H groups in total. The molecule has 0 radical (unpaired) electrons. The Morgan fingerprint density at radius 2 is 1.94 bits per heavy atom. The van der Waals surface area contributed by atoms with E-state index >= 15 is 0 Å². The molecule has 0 aromatic heterocycles. The van der Waals surface area contributed by atoms with Crippen molar-refractivity contribution in [3.63, 3.8) is 0 Å². The van der Waals surface area contributed by atoms with E-state index in [2.05, 4.69) is 24.2 Å². The highest BCUT2D eigenvalue weighted by Crippen LogP contribution is 2.26. The lowest BCUT2D eigenvalue weighted by Gasteiger charge is -2.29. The Morgan fingerprint density at radius 3 is 2.50 bits per heavy atom. The zero-order valence-electron chi connectivity index (χ0n) is 11.0. The zero-order valence-corrected chi connectivity index (χ0v) is 12.5. The van der Waals surface area contributed by atoms with Gasteiger partial charge in [-0.15, -0.1) is 0 Å². The summed E-state index contributed by atoms with van der Waals surface area (Å²) in [5.41, 5.74) is 1.56. The third kappa shape index (κ3) is 3.86. The smallest absolute Gasteiger partial charge is 0.0424 e. The first-order valence-corrected chi connectivity index (χ1v) is 7.07. The Balaban J connectivity index is 1.96. The molecule has 0 aliphatic carbocycles. The van der Waals surface area contributed by atoms with E-state index in [0.717, 1.165) is 26.2 Å². The molecule has 2 nitrogen and oxygen atoms in total. The predicted molar refractivity (Wildman–Crippen MR) is 78.4 cm³/mol. The molecule has 1 saturated heterocycles. The Hall–Kier alpha value is -0.280. The first kappa shape index (κ1) is 14.1. The van der Waals surface area contributed by atoms with Gasteiger partial charge in [0.15, 0.2) is 0 Å². The predicted octanol–water partition coefficient (Wildman–Crippen LogP) is 3.42. The molecule has 0 amide bonds. The van der Waals surface area contributed by atoms with Gasteiger partial charge in [0, 0.05) is 29.7 Å². The Morgan fingerprint density at radius 1 is 1.28 bits per heavy atom. The third-order valence-corrected chi connectivity index (χ3v) is 3.92. The molecule has 100 valence electrons. The van der Waals surface area contributed by atoms with Gasteiger partial charge in [0.05, 0.1) is 0 Å². The number of rotatable bonds is 4. The minimum Gasteiger partial charge on any atom is -0.316 e. The molecule has 1 aliphatic rings. The number of halogens is 2. The number of hydrogen-bond donors (Lipinski definition) is 1. The Bertz CT molecular complexity index is 394. The van der Waals surface area contributed by atoms with Gasteiger partial charge < -0.3 is 10.2 Å². The van der Waals surface area contributed by atoms with Crippen LogP contribution in [0.1, 0.15) is 18.9 Å². The van der Waals surface area contributed by atoms with Crippen LogP contribution in [0.25, 0.3) is 0 Å². The third-order valence-electron chi connectivity index (χ3n) is 3.48. The second-order valence-electron chi connectivity index (χ2n) is 5.69. The summed E-state index contributed by atoms with van der Waals surface area (Å²) in [7, 11) is 2.15. The van der Waals surface area contributed by atoms with Crippen molar-refractivity contribution < 1.29 is 0 Å². The fourth-order valence-corrected chi connectivity index (χ4v) is 3.30. The van der Waals surface area contributed by atoms with E-state index < -0.39 is 0 Å². The van der Waals surface area contributed by atoms with Crippen LogP contribution < -0.4 is 5.32 Å². The van der Waals surface area contributed by atoms with Gasteiger partial charge in [0.25, 0.3) is 0 Å². The molecule has 1 heterocycles. The molecule has 1 aromatic carbocycles. The van der Waals surface area contributed by atoms with E-state index in [1.807, 2.05) is 12.1 Å². The van der Waals surface area contributed by atoms with Crippen molar-refractivity contribution in [2.24, 2.45) is 5.41 Å². The van der Waals surface area contributed by atoms with Crippen LogP contribution in [0.15, 0.2) is 18.2 Å². The maximum Gasteiger partial charge on any atom is 0.0424 e. The van der Waals surface area contributed by atoms with E-state index in [4.69, 9.17) is 23.2 Å². The van der Waals surface area contributed by atoms with E-state index in [1.165, 1.54) is 12.0 Å². The van der Waals surface area contributed by atoms with Crippen molar-refractivity contribution in [3.8, 4) is 0 Å². The molecule has 1 unspecified atom stereocenters. The van der Waals surface area contributed by atoms with Crippen molar-refractivity contribution in [2.45, 2.75) is 19.9 Å². The second-order valence-corrected chi connectivity index (χ2v) is 6.56. The van der Waals surface area contributed by atoms with E-state index in [1.54, 1.807) is 6.07 Å². The molecule has 2 rings (SSSR count). The highest BCUT2D eigenvalue weighted by molar-refractivity contribution is 6.34. The van der Waals surface area contributed by atoms with Crippen molar-refractivity contribution in [3.05, 3.63) is 33.8 Å². The lowest BCUT2D eigenvalue weighted by atomic mass is 9.89. The molecule has 0 bridgehead atoms. The lowest BCUT2D eigenvalue weighted by Crippen LogP contribution is -2.34. The molecular weight excluding hydrogens is 267 g/mol. The summed E-state index contributed by atoms with van der Waals surface area (Å²) in [6.07, 6.45) is 1.24. The van der Waals surface area contributed by atoms with Crippen LogP contribution in [0.4, 0.5) is 0 Å². The monoisotopic (exact) mass is 286 g/mol. The van der Waals surface area contributed by atoms with Gasteiger partial charge in [-0.25, -0.2) is 0 Å². The van der Waals surface area contributed by atoms with Gasteiger partial charge in [-0.05, 0) is 49.2 Å². The Labute approximate surface area is 119 Å². The molecule has 0 spiro atoms. The van der Waals surface area contributed by atoms with Crippen molar-refractivity contribution >= 4 is 23.2 Å². The molecule has 0 saturated carbocycles. The van der Waals surface area contributed by atoms with Gasteiger partial charge in [0.2, 0.25) is 0 Å². The minimum absolute atomic E-state index is 0.386. The largest absolute Gasteiger partial charge is 0.316 e. The van der Waals surface area contributed by atoms with Crippen LogP contribution in [0, 0.1) is 5.41 Å². The summed E-state index contributed by atoms with van der Waals surface area (Å²) in [6.45, 7) is 6.55. The standard InChI is InChI=1S/C14H20Cl2N2/c1-14(3-4-17-9-14)10-18(2)8-11-5-12(15)7-13(16)6-11/h5-7,17H,3-4,8-10H2,1-2H3. The van der Waals surface area contributed by atoms with Crippen LogP contribution >= 0.6 is 23.2 Å². The van der Waals surface area contributed by atoms with Gasteiger partial charge in [0.1, 0.15) is 0 Å². The fourth-order valence-electron chi connectivity index (χ4n) is 2.73. The maximum absolute atomic E-state index is 6.02. The quantitative estimate of drug-likeness (QED) is 0.912. The van der Waals surface area contributed by atoms with Gasteiger partial charge >= 0.3 is 0 Å². The molecule has 4 heteroatoms.